The first-order valence-electron chi connectivity index (χ1n) is 9.90. The van der Waals surface area contributed by atoms with Crippen molar-refractivity contribution in [2.75, 3.05) is 5.75 Å². The summed E-state index contributed by atoms with van der Waals surface area (Å²) in [4.78, 5) is 59.8. The van der Waals surface area contributed by atoms with Crippen molar-refractivity contribution in [3.63, 3.8) is 0 Å². The third-order valence-corrected chi connectivity index (χ3v) is 4.87. The number of aliphatic hydroxyl groups excluding tert-OH is 1. The van der Waals surface area contributed by atoms with Gasteiger partial charge in [-0.05, 0) is 18.9 Å². The summed E-state index contributed by atoms with van der Waals surface area (Å²) in [6.07, 6.45) is -2.16. The maximum Gasteiger partial charge on any atom is 0.327 e. The van der Waals surface area contributed by atoms with Gasteiger partial charge in [0.05, 0.1) is 18.6 Å². The van der Waals surface area contributed by atoms with E-state index in [0.29, 0.717) is 0 Å². The summed E-state index contributed by atoms with van der Waals surface area (Å²) in [5.41, 5.74) is 6.62. The summed E-state index contributed by atoms with van der Waals surface area (Å²) in [7, 11) is 0. The lowest BCUT2D eigenvalue weighted by Gasteiger charge is -2.25. The molecule has 0 aliphatic heterocycles. The Morgan fingerprint density at radius 2 is 1.52 bits per heavy atom. The second-order valence-electron chi connectivity index (χ2n) is 7.26. The Morgan fingerprint density at radius 1 is 0.939 bits per heavy atom. The van der Waals surface area contributed by atoms with Crippen molar-refractivity contribution >= 4 is 42.3 Å². The number of rotatable bonds is 13. The molecule has 0 aliphatic rings. The fourth-order valence-corrected chi connectivity index (χ4v) is 2.98. The highest BCUT2D eigenvalue weighted by Crippen LogP contribution is 2.04. The third-order valence-electron chi connectivity index (χ3n) is 4.51. The first kappa shape index (κ1) is 27.9. The molecule has 5 unspecified atom stereocenters. The van der Waals surface area contributed by atoms with Crippen LogP contribution < -0.4 is 21.7 Å². The number of hydrogen-bond donors (Lipinski definition) is 8. The van der Waals surface area contributed by atoms with Crippen LogP contribution in [-0.2, 0) is 30.4 Å². The lowest BCUT2D eigenvalue weighted by molar-refractivity contribution is -0.143. The molecule has 0 bridgehead atoms. The van der Waals surface area contributed by atoms with Crippen LogP contribution in [0.4, 0.5) is 0 Å². The fraction of sp³-hybridized carbons (Fsp3) is 0.450. The lowest BCUT2D eigenvalue weighted by atomic mass is 10.0. The van der Waals surface area contributed by atoms with Crippen LogP contribution in [0.2, 0.25) is 0 Å². The molecule has 0 aromatic heterocycles. The van der Waals surface area contributed by atoms with E-state index in [2.05, 4.69) is 28.6 Å². The standard InChI is InChI=1S/C20H28N4O8S/c1-10(25)16(19(30)23-14(9-33)20(31)32)24-18(29)13(8-15(26)27)22-17(28)12(21)7-11-5-3-2-4-6-11/h2-6,10,12-14,16,25,33H,7-9,21H2,1H3,(H,22,28)(H,23,30)(H,24,29)(H,26,27)(H,31,32). The topological polar surface area (TPSA) is 208 Å². The van der Waals surface area contributed by atoms with E-state index < -0.39 is 66.4 Å². The first-order valence-corrected chi connectivity index (χ1v) is 10.5. The Kier molecular flexibility index (Phi) is 11.3. The lowest BCUT2D eigenvalue weighted by Crippen LogP contribution is -2.60. The van der Waals surface area contributed by atoms with Crippen molar-refractivity contribution < 1.29 is 39.3 Å². The van der Waals surface area contributed by atoms with Crippen LogP contribution in [0, 0.1) is 0 Å². The monoisotopic (exact) mass is 484 g/mol. The molecular weight excluding hydrogens is 456 g/mol. The average molecular weight is 485 g/mol. The van der Waals surface area contributed by atoms with Crippen LogP contribution >= 0.6 is 12.6 Å². The number of nitrogens with one attached hydrogen (secondary N) is 3. The molecule has 0 heterocycles. The number of aliphatic carboxylic acids is 2. The molecule has 13 heteroatoms. The van der Waals surface area contributed by atoms with Gasteiger partial charge >= 0.3 is 11.9 Å². The zero-order valence-electron chi connectivity index (χ0n) is 17.8. The zero-order valence-corrected chi connectivity index (χ0v) is 18.7. The number of aliphatic hydroxyl groups is 1. The fourth-order valence-electron chi connectivity index (χ4n) is 2.73. The van der Waals surface area contributed by atoms with Crippen molar-refractivity contribution in [1.82, 2.24) is 16.0 Å². The van der Waals surface area contributed by atoms with Gasteiger partial charge in [-0.1, -0.05) is 30.3 Å². The van der Waals surface area contributed by atoms with Crippen LogP contribution in [-0.4, -0.2) is 81.0 Å². The maximum absolute atomic E-state index is 12.7. The summed E-state index contributed by atoms with van der Waals surface area (Å²) in [6, 6.07) is 3.09. The van der Waals surface area contributed by atoms with E-state index in [-0.39, 0.29) is 12.2 Å². The Balaban J connectivity index is 2.90. The Morgan fingerprint density at radius 3 is 2.00 bits per heavy atom. The zero-order chi connectivity index (χ0) is 25.1. The molecule has 182 valence electrons. The number of benzene rings is 1. The van der Waals surface area contributed by atoms with Crippen LogP contribution in [0.3, 0.4) is 0 Å². The molecule has 12 nitrogen and oxygen atoms in total. The van der Waals surface area contributed by atoms with E-state index in [1.807, 2.05) is 0 Å². The predicted molar refractivity (Wildman–Crippen MR) is 119 cm³/mol. The minimum absolute atomic E-state index is 0.132. The molecule has 0 spiro atoms. The van der Waals surface area contributed by atoms with Crippen molar-refractivity contribution in [2.45, 2.75) is 50.0 Å². The van der Waals surface area contributed by atoms with Gasteiger partial charge in [-0.3, -0.25) is 19.2 Å². The van der Waals surface area contributed by atoms with E-state index in [1.54, 1.807) is 30.3 Å². The minimum Gasteiger partial charge on any atom is -0.481 e. The predicted octanol–water partition coefficient (Wildman–Crippen LogP) is -2.12. The third kappa shape index (κ3) is 9.47. The number of carbonyl (C=O) groups is 5. The molecule has 8 N–H and O–H groups in total. The van der Waals surface area contributed by atoms with Gasteiger partial charge in [-0.25, -0.2) is 4.79 Å². The highest BCUT2D eigenvalue weighted by Gasteiger charge is 2.33. The van der Waals surface area contributed by atoms with E-state index >= 15 is 0 Å². The van der Waals surface area contributed by atoms with Gasteiger partial charge in [-0.15, -0.1) is 0 Å². The average Bonchev–Trinajstić information content (AvgIpc) is 2.74. The molecule has 0 aliphatic carbocycles. The molecule has 33 heavy (non-hydrogen) atoms. The van der Waals surface area contributed by atoms with E-state index in [9.17, 15) is 29.1 Å². The summed E-state index contributed by atoms with van der Waals surface area (Å²) < 4.78 is 0. The SMILES string of the molecule is CC(O)C(NC(=O)C(CC(=O)O)NC(=O)C(N)Cc1ccccc1)C(=O)NC(CS)C(=O)O. The summed E-state index contributed by atoms with van der Waals surface area (Å²) in [5.74, 6) is -5.93. The second-order valence-corrected chi connectivity index (χ2v) is 7.63. The van der Waals surface area contributed by atoms with Crippen LogP contribution in [0.25, 0.3) is 0 Å². The van der Waals surface area contributed by atoms with Crippen molar-refractivity contribution in [2.24, 2.45) is 5.73 Å². The summed E-state index contributed by atoms with van der Waals surface area (Å²) in [5, 5.41) is 34.5. The molecule has 1 rings (SSSR count). The van der Waals surface area contributed by atoms with Crippen LogP contribution in [0.15, 0.2) is 30.3 Å². The first-order chi connectivity index (χ1) is 15.5. The number of hydrogen-bond acceptors (Lipinski definition) is 8. The highest BCUT2D eigenvalue weighted by atomic mass is 32.1. The van der Waals surface area contributed by atoms with E-state index in [1.165, 1.54) is 6.92 Å². The molecule has 1 aromatic carbocycles. The number of carbonyl (C=O) groups excluding carboxylic acids is 3. The van der Waals surface area contributed by atoms with Crippen LogP contribution in [0.1, 0.15) is 18.9 Å². The Bertz CT molecular complexity index is 852. The number of nitrogens with two attached hydrogens (primary N) is 1. The van der Waals surface area contributed by atoms with Crippen molar-refractivity contribution in [3.8, 4) is 0 Å². The minimum atomic E-state index is -1.62. The summed E-state index contributed by atoms with van der Waals surface area (Å²) in [6.45, 7) is 1.17. The van der Waals surface area contributed by atoms with Gasteiger partial charge in [-0.2, -0.15) is 12.6 Å². The van der Waals surface area contributed by atoms with Crippen molar-refractivity contribution in [1.29, 1.82) is 0 Å². The van der Waals surface area contributed by atoms with Gasteiger partial charge < -0.3 is 37.0 Å². The van der Waals surface area contributed by atoms with Gasteiger partial charge in [0.25, 0.3) is 0 Å². The molecule has 0 saturated heterocycles. The number of thiol groups is 1. The van der Waals surface area contributed by atoms with E-state index in [4.69, 9.17) is 15.9 Å². The molecule has 0 radical (unpaired) electrons. The number of carboxylic acid groups (broad SMARTS) is 2. The van der Waals surface area contributed by atoms with Gasteiger partial charge in [0, 0.05) is 5.75 Å². The van der Waals surface area contributed by atoms with Gasteiger partial charge in [0.15, 0.2) is 0 Å². The molecule has 1 aromatic rings. The Labute approximate surface area is 195 Å². The molecule has 5 atom stereocenters. The molecule has 0 fully saturated rings. The van der Waals surface area contributed by atoms with Crippen LogP contribution in [0.5, 0.6) is 0 Å². The van der Waals surface area contributed by atoms with Gasteiger partial charge in [0.1, 0.15) is 18.1 Å². The number of amides is 3. The quantitative estimate of drug-likeness (QED) is 0.144. The molecule has 3 amide bonds. The molecular formula is C20H28N4O8S. The molecule has 0 saturated carbocycles. The largest absolute Gasteiger partial charge is 0.481 e. The smallest absolute Gasteiger partial charge is 0.327 e. The maximum atomic E-state index is 12.7. The van der Waals surface area contributed by atoms with Crippen molar-refractivity contribution in [3.05, 3.63) is 35.9 Å². The normalized spacial score (nSPS) is 15.3. The Hall–Kier alpha value is -3.16. The second kappa shape index (κ2) is 13.4. The van der Waals surface area contributed by atoms with Gasteiger partial charge in [0.2, 0.25) is 17.7 Å². The summed E-state index contributed by atoms with van der Waals surface area (Å²) >= 11 is 3.81. The number of carboxylic acids is 2. The van der Waals surface area contributed by atoms with E-state index in [0.717, 1.165) is 5.56 Å². The highest BCUT2D eigenvalue weighted by molar-refractivity contribution is 7.80.